The van der Waals surface area contributed by atoms with Crippen LogP contribution in [0.3, 0.4) is 0 Å². The van der Waals surface area contributed by atoms with Gasteiger partial charge in [-0.05, 0) is 26.7 Å². The molecule has 0 aromatic carbocycles. The summed E-state index contributed by atoms with van der Waals surface area (Å²) in [5.74, 6) is 5.10. The molecule has 0 aromatic heterocycles. The maximum atomic E-state index is 12.4. The number of nitrogens with one attached hydrogen (secondary N) is 1. The predicted octanol–water partition coefficient (Wildman–Crippen LogP) is -0.676. The molecule has 2 rings (SSSR count). The number of hydrazine groups is 1. The Morgan fingerprint density at radius 1 is 1.29 bits per heavy atom. The molecule has 0 spiro atoms. The maximum Gasteiger partial charge on any atom is 0.237 e. The molecule has 2 saturated heterocycles. The van der Waals surface area contributed by atoms with Crippen LogP contribution in [0.15, 0.2) is 0 Å². The number of nitrogens with zero attached hydrogens (tertiary/aromatic N) is 2. The average Bonchev–Trinajstić information content (AvgIpc) is 2.50. The van der Waals surface area contributed by atoms with Crippen molar-refractivity contribution in [2.24, 2.45) is 11.8 Å². The normalized spacial score (nSPS) is 28.4. The maximum absolute atomic E-state index is 12.4. The smallest absolute Gasteiger partial charge is 0.237 e. The minimum absolute atomic E-state index is 0.0682. The molecule has 2 unspecified atom stereocenters. The highest BCUT2D eigenvalue weighted by Gasteiger charge is 2.30. The molecular weight excluding hydrogens is 272 g/mol. The van der Waals surface area contributed by atoms with Crippen LogP contribution in [0.2, 0.25) is 0 Å². The summed E-state index contributed by atoms with van der Waals surface area (Å²) in [7, 11) is 0. The fourth-order valence-electron chi connectivity index (χ4n) is 2.97. The van der Waals surface area contributed by atoms with Crippen molar-refractivity contribution in [1.29, 1.82) is 0 Å². The highest BCUT2D eigenvalue weighted by atomic mass is 16.5. The molecule has 2 amide bonds. The third kappa shape index (κ3) is 4.15. The van der Waals surface area contributed by atoms with Crippen molar-refractivity contribution in [1.82, 2.24) is 15.2 Å². The largest absolute Gasteiger partial charge is 0.376 e. The van der Waals surface area contributed by atoms with Crippen molar-refractivity contribution in [3.63, 3.8) is 0 Å². The van der Waals surface area contributed by atoms with Crippen molar-refractivity contribution >= 4 is 11.8 Å². The van der Waals surface area contributed by atoms with E-state index in [0.717, 1.165) is 6.54 Å². The van der Waals surface area contributed by atoms with Crippen molar-refractivity contribution in [2.45, 2.75) is 38.8 Å². The van der Waals surface area contributed by atoms with Gasteiger partial charge in [0.2, 0.25) is 11.8 Å². The number of amides is 2. The van der Waals surface area contributed by atoms with Gasteiger partial charge in [-0.25, -0.2) is 5.84 Å². The van der Waals surface area contributed by atoms with Gasteiger partial charge in [0.1, 0.15) is 0 Å². The number of carbonyl (C=O) groups excluding carboxylic acids is 2. The van der Waals surface area contributed by atoms with Crippen molar-refractivity contribution in [2.75, 3.05) is 32.8 Å². The van der Waals surface area contributed by atoms with Crippen LogP contribution in [0.1, 0.15) is 26.7 Å². The second-order valence-corrected chi connectivity index (χ2v) is 6.09. The molecule has 2 aliphatic heterocycles. The van der Waals surface area contributed by atoms with Crippen LogP contribution >= 0.6 is 0 Å². The van der Waals surface area contributed by atoms with Gasteiger partial charge in [-0.3, -0.25) is 19.9 Å². The van der Waals surface area contributed by atoms with Gasteiger partial charge in [-0.1, -0.05) is 0 Å². The first-order valence-electron chi connectivity index (χ1n) is 7.65. The van der Waals surface area contributed by atoms with Crippen molar-refractivity contribution in [3.8, 4) is 0 Å². The number of hydrogen-bond donors (Lipinski definition) is 2. The van der Waals surface area contributed by atoms with E-state index in [2.05, 4.69) is 17.2 Å². The van der Waals surface area contributed by atoms with Crippen LogP contribution in [0.4, 0.5) is 0 Å². The van der Waals surface area contributed by atoms with Gasteiger partial charge in [-0.2, -0.15) is 0 Å². The number of morpholine rings is 1. The summed E-state index contributed by atoms with van der Waals surface area (Å²) in [6.45, 7) is 7.27. The van der Waals surface area contributed by atoms with E-state index in [1.54, 1.807) is 0 Å². The summed E-state index contributed by atoms with van der Waals surface area (Å²) < 4.78 is 5.58. The first-order valence-corrected chi connectivity index (χ1v) is 7.65. The molecule has 0 bridgehead atoms. The number of carbonyl (C=O) groups is 2. The minimum atomic E-state index is -0.127. The van der Waals surface area contributed by atoms with Gasteiger partial charge >= 0.3 is 0 Å². The highest BCUT2D eigenvalue weighted by molar-refractivity contribution is 5.80. The van der Waals surface area contributed by atoms with Gasteiger partial charge in [-0.15, -0.1) is 0 Å². The number of rotatable bonds is 3. The second-order valence-electron chi connectivity index (χ2n) is 6.09. The third-order valence-corrected chi connectivity index (χ3v) is 4.44. The molecule has 120 valence electrons. The van der Waals surface area contributed by atoms with Crippen molar-refractivity contribution in [3.05, 3.63) is 0 Å². The Kier molecular flexibility index (Phi) is 5.55. The topological polar surface area (TPSA) is 87.9 Å². The molecule has 2 fully saturated rings. The molecule has 2 atom stereocenters. The molecule has 7 nitrogen and oxygen atoms in total. The SMILES string of the molecule is CC1CN(CC(=O)N2CCC(C(=O)NN)CC2)C(C)CO1. The van der Waals surface area contributed by atoms with Gasteiger partial charge in [0.15, 0.2) is 0 Å². The fourth-order valence-corrected chi connectivity index (χ4v) is 2.97. The zero-order valence-electron chi connectivity index (χ0n) is 12.9. The molecule has 2 aliphatic rings. The first-order chi connectivity index (χ1) is 10.0. The lowest BCUT2D eigenvalue weighted by Crippen LogP contribution is -2.53. The Labute approximate surface area is 125 Å². The number of piperidine rings is 1. The molecular formula is C14H26N4O3. The van der Waals surface area contributed by atoms with Gasteiger partial charge < -0.3 is 9.64 Å². The summed E-state index contributed by atoms with van der Waals surface area (Å²) >= 11 is 0. The summed E-state index contributed by atoms with van der Waals surface area (Å²) in [5, 5.41) is 0. The molecule has 0 saturated carbocycles. The number of hydrogen-bond acceptors (Lipinski definition) is 5. The number of likely N-dealkylation sites (tertiary alicyclic amines) is 1. The Bertz CT molecular complexity index is 382. The van der Waals surface area contributed by atoms with Crippen LogP contribution in [-0.2, 0) is 14.3 Å². The fraction of sp³-hybridized carbons (Fsp3) is 0.857. The zero-order valence-corrected chi connectivity index (χ0v) is 12.9. The molecule has 0 radical (unpaired) electrons. The highest BCUT2D eigenvalue weighted by Crippen LogP contribution is 2.18. The second kappa shape index (κ2) is 7.20. The number of ether oxygens (including phenoxy) is 1. The van der Waals surface area contributed by atoms with Crippen LogP contribution in [0.25, 0.3) is 0 Å². The lowest BCUT2D eigenvalue weighted by Gasteiger charge is -2.38. The van der Waals surface area contributed by atoms with Crippen LogP contribution in [0.5, 0.6) is 0 Å². The van der Waals surface area contributed by atoms with Crippen LogP contribution in [-0.4, -0.2) is 66.5 Å². The van der Waals surface area contributed by atoms with Gasteiger partial charge in [0, 0.05) is 31.6 Å². The van der Waals surface area contributed by atoms with Crippen LogP contribution in [0, 0.1) is 5.92 Å². The average molecular weight is 298 g/mol. The molecule has 7 heteroatoms. The molecule has 0 aromatic rings. The summed E-state index contributed by atoms with van der Waals surface area (Å²) in [6.07, 6.45) is 1.54. The zero-order chi connectivity index (χ0) is 15.4. The molecule has 2 heterocycles. The lowest BCUT2D eigenvalue weighted by molar-refractivity contribution is -0.139. The number of nitrogens with two attached hydrogens (primary N) is 1. The van der Waals surface area contributed by atoms with Crippen LogP contribution < -0.4 is 11.3 Å². The Hall–Kier alpha value is -1.18. The standard InChI is InChI=1S/C14H26N4O3/c1-10-9-21-11(2)7-18(10)8-13(19)17-5-3-12(4-6-17)14(20)16-15/h10-12H,3-9,15H2,1-2H3,(H,16,20). The minimum Gasteiger partial charge on any atom is -0.376 e. The van der Waals surface area contributed by atoms with E-state index in [9.17, 15) is 9.59 Å². The third-order valence-electron chi connectivity index (χ3n) is 4.44. The summed E-state index contributed by atoms with van der Waals surface area (Å²) in [4.78, 5) is 27.9. The predicted molar refractivity (Wildman–Crippen MR) is 78.1 cm³/mol. The van der Waals surface area contributed by atoms with E-state index in [0.29, 0.717) is 39.1 Å². The van der Waals surface area contributed by atoms with Gasteiger partial charge in [0.05, 0.1) is 19.3 Å². The van der Waals surface area contributed by atoms with E-state index < -0.39 is 0 Å². The quantitative estimate of drug-likeness (QED) is 0.410. The summed E-state index contributed by atoms with van der Waals surface area (Å²) in [6, 6.07) is 0.269. The lowest BCUT2D eigenvalue weighted by atomic mass is 9.96. The Balaban J connectivity index is 1.80. The summed E-state index contributed by atoms with van der Waals surface area (Å²) in [5.41, 5.74) is 2.19. The van der Waals surface area contributed by atoms with E-state index in [1.165, 1.54) is 0 Å². The first kappa shape index (κ1) is 16.2. The van der Waals surface area contributed by atoms with E-state index in [4.69, 9.17) is 10.6 Å². The molecule has 0 aliphatic carbocycles. The monoisotopic (exact) mass is 298 g/mol. The van der Waals surface area contributed by atoms with Crippen molar-refractivity contribution < 1.29 is 14.3 Å². The van der Waals surface area contributed by atoms with E-state index in [1.807, 2.05) is 11.8 Å². The van der Waals surface area contributed by atoms with Gasteiger partial charge in [0.25, 0.3) is 0 Å². The molecule has 21 heavy (non-hydrogen) atoms. The van der Waals surface area contributed by atoms with E-state index in [-0.39, 0.29) is 29.9 Å². The van der Waals surface area contributed by atoms with E-state index >= 15 is 0 Å². The molecule has 3 N–H and O–H groups in total. The Morgan fingerprint density at radius 3 is 2.57 bits per heavy atom. The Morgan fingerprint density at radius 2 is 1.95 bits per heavy atom.